The number of amides is 1. The van der Waals surface area contributed by atoms with Gasteiger partial charge in [-0.15, -0.1) is 0 Å². The number of nitrogen functional groups attached to an aromatic ring is 1. The van der Waals surface area contributed by atoms with E-state index < -0.39 is 0 Å². The Morgan fingerprint density at radius 2 is 2.15 bits per heavy atom. The number of benzene rings is 1. The van der Waals surface area contributed by atoms with E-state index in [9.17, 15) is 4.79 Å². The molecule has 1 amide bonds. The Kier molecular flexibility index (Phi) is 3.23. The Morgan fingerprint density at radius 1 is 1.35 bits per heavy atom. The number of carbonyl (C=O) groups excluding carboxylic acids is 1. The summed E-state index contributed by atoms with van der Waals surface area (Å²) >= 11 is 0. The van der Waals surface area contributed by atoms with Crippen LogP contribution < -0.4 is 11.1 Å². The lowest BCUT2D eigenvalue weighted by Crippen LogP contribution is -2.37. The number of nitrogens with one attached hydrogen (secondary N) is 1. The topological polar surface area (TPSA) is 55.1 Å². The Balaban J connectivity index is 1.73. The molecule has 2 unspecified atom stereocenters. The molecule has 1 aromatic rings. The molecular formula is C17H24N2O. The molecule has 2 aliphatic carbocycles. The van der Waals surface area contributed by atoms with Crippen LogP contribution in [0.4, 0.5) is 5.69 Å². The molecule has 2 aliphatic rings. The van der Waals surface area contributed by atoms with Gasteiger partial charge in [0.2, 0.25) is 5.91 Å². The minimum absolute atomic E-state index is 0.145. The summed E-state index contributed by atoms with van der Waals surface area (Å²) in [6.45, 7) is 4.43. The average molecular weight is 272 g/mol. The average Bonchev–Trinajstić information content (AvgIpc) is 2.92. The first-order valence-electron chi connectivity index (χ1n) is 7.66. The zero-order chi connectivity index (χ0) is 14.3. The van der Waals surface area contributed by atoms with Gasteiger partial charge in [0.25, 0.3) is 0 Å². The van der Waals surface area contributed by atoms with E-state index in [0.29, 0.717) is 0 Å². The minimum Gasteiger partial charge on any atom is -0.399 e. The van der Waals surface area contributed by atoms with Crippen LogP contribution in [0.2, 0.25) is 0 Å². The first kappa shape index (κ1) is 13.5. The lowest BCUT2D eigenvalue weighted by Gasteiger charge is -2.27. The van der Waals surface area contributed by atoms with Crippen LogP contribution in [0.3, 0.4) is 0 Å². The van der Waals surface area contributed by atoms with E-state index >= 15 is 0 Å². The van der Waals surface area contributed by atoms with Crippen molar-refractivity contribution in [2.24, 2.45) is 11.3 Å². The van der Waals surface area contributed by atoms with Gasteiger partial charge in [-0.1, -0.05) is 26.3 Å². The molecule has 0 aliphatic heterocycles. The fourth-order valence-electron chi connectivity index (χ4n) is 3.87. The number of aryl methyl sites for hydroxylation is 1. The maximum absolute atomic E-state index is 12.6. The van der Waals surface area contributed by atoms with Gasteiger partial charge in [0, 0.05) is 11.6 Å². The third-order valence-corrected chi connectivity index (χ3v) is 5.14. The van der Waals surface area contributed by atoms with Gasteiger partial charge in [-0.3, -0.25) is 4.79 Å². The van der Waals surface area contributed by atoms with Crippen LogP contribution in [0, 0.1) is 11.3 Å². The van der Waals surface area contributed by atoms with Crippen molar-refractivity contribution in [3.63, 3.8) is 0 Å². The van der Waals surface area contributed by atoms with E-state index in [-0.39, 0.29) is 23.3 Å². The lowest BCUT2D eigenvalue weighted by atomic mass is 9.81. The molecule has 0 bridgehead atoms. The minimum atomic E-state index is 0.145. The van der Waals surface area contributed by atoms with Crippen molar-refractivity contribution in [1.82, 2.24) is 5.32 Å². The standard InChI is InChI=1S/C17H24N2O/c1-17(2)9-3-4-14(17)16(20)19-15-8-5-11-10-12(18)6-7-13(11)15/h6-7,10,14-15H,3-5,8-9,18H2,1-2H3,(H,19,20). The number of hydrogen-bond acceptors (Lipinski definition) is 2. The molecular weight excluding hydrogens is 248 g/mol. The van der Waals surface area contributed by atoms with Gasteiger partial charge in [-0.2, -0.15) is 0 Å². The summed E-state index contributed by atoms with van der Waals surface area (Å²) in [4.78, 5) is 12.6. The van der Waals surface area contributed by atoms with Gasteiger partial charge in [0.15, 0.2) is 0 Å². The molecule has 0 saturated heterocycles. The summed E-state index contributed by atoms with van der Waals surface area (Å²) in [5, 5.41) is 3.27. The van der Waals surface area contributed by atoms with Gasteiger partial charge in [0.05, 0.1) is 6.04 Å². The smallest absolute Gasteiger partial charge is 0.224 e. The number of hydrogen-bond donors (Lipinski definition) is 2. The van der Waals surface area contributed by atoms with E-state index in [4.69, 9.17) is 5.73 Å². The predicted octanol–water partition coefficient (Wildman–Crippen LogP) is 3.20. The fraction of sp³-hybridized carbons (Fsp3) is 0.588. The Morgan fingerprint density at radius 3 is 2.85 bits per heavy atom. The molecule has 1 saturated carbocycles. The predicted molar refractivity (Wildman–Crippen MR) is 81.2 cm³/mol. The Bertz CT molecular complexity index is 536. The normalized spacial score (nSPS) is 27.3. The van der Waals surface area contributed by atoms with E-state index in [1.54, 1.807) is 0 Å². The first-order valence-corrected chi connectivity index (χ1v) is 7.66. The molecule has 2 atom stereocenters. The third kappa shape index (κ3) is 2.30. The van der Waals surface area contributed by atoms with E-state index in [0.717, 1.165) is 31.4 Å². The highest BCUT2D eigenvalue weighted by Crippen LogP contribution is 2.43. The second-order valence-corrected chi connectivity index (χ2v) is 6.99. The molecule has 0 heterocycles. The van der Waals surface area contributed by atoms with Crippen molar-refractivity contribution in [3.8, 4) is 0 Å². The third-order valence-electron chi connectivity index (χ3n) is 5.14. The fourth-order valence-corrected chi connectivity index (χ4v) is 3.87. The molecule has 0 spiro atoms. The summed E-state index contributed by atoms with van der Waals surface area (Å²) in [6.07, 6.45) is 5.36. The largest absolute Gasteiger partial charge is 0.399 e. The maximum Gasteiger partial charge on any atom is 0.224 e. The van der Waals surface area contributed by atoms with Crippen molar-refractivity contribution in [2.75, 3.05) is 5.73 Å². The monoisotopic (exact) mass is 272 g/mol. The van der Waals surface area contributed by atoms with Crippen molar-refractivity contribution < 1.29 is 4.79 Å². The molecule has 1 fully saturated rings. The highest BCUT2D eigenvalue weighted by molar-refractivity contribution is 5.80. The van der Waals surface area contributed by atoms with Gasteiger partial charge in [-0.25, -0.2) is 0 Å². The molecule has 3 N–H and O–H groups in total. The molecule has 1 aromatic carbocycles. The van der Waals surface area contributed by atoms with Crippen molar-refractivity contribution in [2.45, 2.75) is 52.0 Å². The summed E-state index contributed by atoms with van der Waals surface area (Å²) in [7, 11) is 0. The molecule has 0 radical (unpaired) electrons. The summed E-state index contributed by atoms with van der Waals surface area (Å²) in [5.74, 6) is 0.405. The van der Waals surface area contributed by atoms with Gasteiger partial charge in [0.1, 0.15) is 0 Å². The Hall–Kier alpha value is -1.51. The number of carbonyl (C=O) groups is 1. The highest BCUT2D eigenvalue weighted by atomic mass is 16.2. The van der Waals surface area contributed by atoms with Crippen molar-refractivity contribution in [3.05, 3.63) is 29.3 Å². The van der Waals surface area contributed by atoms with E-state index in [2.05, 4.69) is 25.2 Å². The van der Waals surface area contributed by atoms with Crippen molar-refractivity contribution >= 4 is 11.6 Å². The van der Waals surface area contributed by atoms with Crippen LogP contribution in [0.1, 0.15) is 56.7 Å². The van der Waals surface area contributed by atoms with Crippen molar-refractivity contribution in [1.29, 1.82) is 0 Å². The second kappa shape index (κ2) is 4.80. The van der Waals surface area contributed by atoms with Crippen LogP contribution in [0.15, 0.2) is 18.2 Å². The second-order valence-electron chi connectivity index (χ2n) is 6.99. The molecule has 0 aromatic heterocycles. The van der Waals surface area contributed by atoms with Gasteiger partial charge in [-0.05, 0) is 54.4 Å². The molecule has 108 valence electrons. The summed E-state index contributed by atoms with van der Waals surface area (Å²) in [5.41, 5.74) is 9.33. The quantitative estimate of drug-likeness (QED) is 0.812. The highest BCUT2D eigenvalue weighted by Gasteiger charge is 2.40. The molecule has 20 heavy (non-hydrogen) atoms. The summed E-state index contributed by atoms with van der Waals surface area (Å²) < 4.78 is 0. The van der Waals surface area contributed by atoms with E-state index in [1.165, 1.54) is 17.5 Å². The van der Waals surface area contributed by atoms with Crippen LogP contribution >= 0.6 is 0 Å². The zero-order valence-corrected chi connectivity index (χ0v) is 12.4. The first-order chi connectivity index (χ1) is 9.47. The SMILES string of the molecule is CC1(C)CCCC1C(=O)NC1CCc2cc(N)ccc21. The molecule has 3 nitrogen and oxygen atoms in total. The number of fused-ring (bicyclic) bond motifs is 1. The Labute approximate surface area is 120 Å². The maximum atomic E-state index is 12.6. The van der Waals surface area contributed by atoms with Crippen LogP contribution in [-0.4, -0.2) is 5.91 Å². The number of nitrogens with two attached hydrogens (primary N) is 1. The van der Waals surface area contributed by atoms with Crippen LogP contribution in [0.25, 0.3) is 0 Å². The van der Waals surface area contributed by atoms with Gasteiger partial charge < -0.3 is 11.1 Å². The number of rotatable bonds is 2. The van der Waals surface area contributed by atoms with Gasteiger partial charge >= 0.3 is 0 Å². The van der Waals surface area contributed by atoms with Crippen LogP contribution in [0.5, 0.6) is 0 Å². The van der Waals surface area contributed by atoms with Crippen LogP contribution in [-0.2, 0) is 11.2 Å². The zero-order valence-electron chi connectivity index (χ0n) is 12.4. The molecule has 3 rings (SSSR count). The van der Waals surface area contributed by atoms with E-state index in [1.807, 2.05) is 12.1 Å². The molecule has 3 heteroatoms. The lowest BCUT2D eigenvalue weighted by molar-refractivity contribution is -0.128. The summed E-state index contributed by atoms with van der Waals surface area (Å²) in [6, 6.07) is 6.22. The number of anilines is 1.